The van der Waals surface area contributed by atoms with Crippen molar-refractivity contribution in [2.24, 2.45) is 0 Å². The van der Waals surface area contributed by atoms with Crippen molar-refractivity contribution in [2.75, 3.05) is 5.43 Å². The third-order valence-corrected chi connectivity index (χ3v) is 1.92. The van der Waals surface area contributed by atoms with Crippen molar-refractivity contribution in [3.63, 3.8) is 0 Å². The van der Waals surface area contributed by atoms with Gasteiger partial charge in [-0.3, -0.25) is 15.6 Å². The molecule has 0 atom stereocenters. The first-order valence-corrected chi connectivity index (χ1v) is 4.78. The minimum absolute atomic E-state index is 0.288. The first-order chi connectivity index (χ1) is 8.25. The van der Waals surface area contributed by atoms with Gasteiger partial charge in [0.05, 0.1) is 5.56 Å². The molecule has 17 heavy (non-hydrogen) atoms. The molecule has 0 fully saturated rings. The van der Waals surface area contributed by atoms with Crippen LogP contribution in [0.4, 0.5) is 5.95 Å². The summed E-state index contributed by atoms with van der Waals surface area (Å²) in [7, 11) is 0. The highest BCUT2D eigenvalue weighted by molar-refractivity contribution is 5.94. The first kappa shape index (κ1) is 10.8. The lowest BCUT2D eigenvalue weighted by molar-refractivity contribution is -0.605. The number of hydrogen-bond donors (Lipinski definition) is 2. The number of amides is 1. The number of carbonyl (C=O) groups is 1. The Morgan fingerprint density at radius 1 is 1.24 bits per heavy atom. The molecule has 0 radical (unpaired) electrons. The van der Waals surface area contributed by atoms with Crippen molar-refractivity contribution in [1.29, 1.82) is 0 Å². The van der Waals surface area contributed by atoms with Crippen molar-refractivity contribution in [3.8, 4) is 0 Å². The van der Waals surface area contributed by atoms with Gasteiger partial charge in [-0.15, -0.1) is 0 Å². The zero-order valence-corrected chi connectivity index (χ0v) is 8.70. The highest BCUT2D eigenvalue weighted by Gasteiger charge is 2.06. The summed E-state index contributed by atoms with van der Waals surface area (Å²) in [5, 5.41) is 10.8. The van der Waals surface area contributed by atoms with Crippen molar-refractivity contribution in [2.45, 2.75) is 0 Å². The molecule has 0 bridgehead atoms. The summed E-state index contributed by atoms with van der Waals surface area (Å²) in [6.07, 6.45) is 5.58. The highest BCUT2D eigenvalue weighted by atomic mass is 16.5. The second kappa shape index (κ2) is 4.88. The highest BCUT2D eigenvalue weighted by Crippen LogP contribution is 1.96. The van der Waals surface area contributed by atoms with Crippen LogP contribution in [-0.2, 0) is 0 Å². The van der Waals surface area contributed by atoms with E-state index < -0.39 is 0 Å². The van der Waals surface area contributed by atoms with Crippen LogP contribution in [0.15, 0.2) is 43.0 Å². The molecular formula is C10H9N5O2. The second-order valence-corrected chi connectivity index (χ2v) is 3.10. The molecule has 86 valence electrons. The molecule has 0 aromatic carbocycles. The number of nitrogens with one attached hydrogen (secondary N) is 2. The average molecular weight is 231 g/mol. The Morgan fingerprint density at radius 3 is 2.53 bits per heavy atom. The molecule has 0 aliphatic heterocycles. The van der Waals surface area contributed by atoms with E-state index in [0.717, 1.165) is 0 Å². The van der Waals surface area contributed by atoms with E-state index in [1.54, 1.807) is 18.5 Å². The fraction of sp³-hybridized carbons (Fsp3) is 0. The first-order valence-electron chi connectivity index (χ1n) is 4.78. The van der Waals surface area contributed by atoms with Crippen LogP contribution >= 0.6 is 0 Å². The average Bonchev–Trinajstić information content (AvgIpc) is 2.38. The molecule has 0 saturated heterocycles. The van der Waals surface area contributed by atoms with Crippen LogP contribution in [0.5, 0.6) is 0 Å². The lowest BCUT2D eigenvalue weighted by atomic mass is 10.2. The van der Waals surface area contributed by atoms with Crippen LogP contribution in [0.25, 0.3) is 0 Å². The fourth-order valence-electron chi connectivity index (χ4n) is 1.11. The van der Waals surface area contributed by atoms with Crippen LogP contribution in [0.2, 0.25) is 0 Å². The predicted octanol–water partition coefficient (Wildman–Crippen LogP) is -0.133. The Labute approximate surface area is 96.7 Å². The van der Waals surface area contributed by atoms with Gasteiger partial charge in [-0.05, 0) is 6.07 Å². The molecule has 0 saturated carbocycles. The van der Waals surface area contributed by atoms with Crippen molar-refractivity contribution < 1.29 is 9.52 Å². The summed E-state index contributed by atoms with van der Waals surface area (Å²) in [6.45, 7) is 0. The normalized spacial score (nSPS) is 9.65. The molecule has 2 aromatic rings. The van der Waals surface area contributed by atoms with E-state index >= 15 is 0 Å². The summed E-state index contributed by atoms with van der Waals surface area (Å²) in [5.74, 6) is -0.0891. The number of hydrogen-bond acceptors (Lipinski definition) is 5. The second-order valence-electron chi connectivity index (χ2n) is 3.10. The molecule has 0 unspecified atom stereocenters. The van der Waals surface area contributed by atoms with E-state index in [0.29, 0.717) is 10.3 Å². The number of aromatic nitrogens is 3. The Balaban J connectivity index is 1.96. The van der Waals surface area contributed by atoms with Gasteiger partial charge in [0, 0.05) is 24.5 Å². The Morgan fingerprint density at radius 2 is 1.88 bits per heavy atom. The lowest BCUT2D eigenvalue weighted by Gasteiger charge is -2.05. The monoisotopic (exact) mass is 231 g/mol. The summed E-state index contributed by atoms with van der Waals surface area (Å²) in [4.78, 5) is 19.3. The van der Waals surface area contributed by atoms with Crippen molar-refractivity contribution in [3.05, 3.63) is 53.8 Å². The molecule has 2 heterocycles. The van der Waals surface area contributed by atoms with Gasteiger partial charge in [0.15, 0.2) is 12.4 Å². The van der Waals surface area contributed by atoms with Gasteiger partial charge in [0.1, 0.15) is 0 Å². The number of hydrazine groups is 1. The predicted molar refractivity (Wildman–Crippen MR) is 58.5 cm³/mol. The van der Waals surface area contributed by atoms with Gasteiger partial charge in [0.2, 0.25) is 5.95 Å². The molecule has 2 N–H and O–H groups in total. The van der Waals surface area contributed by atoms with E-state index in [-0.39, 0.29) is 11.9 Å². The maximum atomic E-state index is 11.6. The number of carbonyl (C=O) groups excluding carboxylic acids is 1. The zero-order chi connectivity index (χ0) is 12.1. The molecular weight excluding hydrogens is 222 g/mol. The molecule has 0 spiro atoms. The lowest BCUT2D eigenvalue weighted by Crippen LogP contribution is -2.31. The molecule has 7 nitrogen and oxygen atoms in total. The largest absolute Gasteiger partial charge is 0.619 e. The third-order valence-electron chi connectivity index (χ3n) is 1.92. The molecule has 0 aliphatic carbocycles. The van der Waals surface area contributed by atoms with Gasteiger partial charge in [-0.2, -0.15) is 4.73 Å². The minimum atomic E-state index is -0.377. The number of rotatable bonds is 3. The maximum absolute atomic E-state index is 11.6. The molecule has 1 amide bonds. The maximum Gasteiger partial charge on any atom is 0.270 e. The number of anilines is 1. The molecule has 0 aliphatic rings. The summed E-state index contributed by atoms with van der Waals surface area (Å²) in [6, 6.07) is 4.49. The summed E-state index contributed by atoms with van der Waals surface area (Å²) in [5.41, 5.74) is 5.32. The Hall–Kier alpha value is -2.70. The summed E-state index contributed by atoms with van der Waals surface area (Å²) < 4.78 is 0.602. The molecule has 7 heteroatoms. The summed E-state index contributed by atoms with van der Waals surface area (Å²) >= 11 is 0. The fourth-order valence-corrected chi connectivity index (χ4v) is 1.11. The number of nitrogens with zero attached hydrogens (tertiary/aromatic N) is 3. The zero-order valence-electron chi connectivity index (χ0n) is 8.70. The Kier molecular flexibility index (Phi) is 3.10. The third kappa shape index (κ3) is 2.88. The van der Waals surface area contributed by atoms with Crippen molar-refractivity contribution >= 4 is 11.9 Å². The quantitative estimate of drug-likeness (QED) is 0.436. The van der Waals surface area contributed by atoms with Crippen LogP contribution in [0.1, 0.15) is 10.4 Å². The smallest absolute Gasteiger partial charge is 0.270 e. The number of pyridine rings is 1. The van der Waals surface area contributed by atoms with E-state index in [2.05, 4.69) is 20.8 Å². The molecule has 2 aromatic heterocycles. The van der Waals surface area contributed by atoms with Crippen molar-refractivity contribution in [1.82, 2.24) is 15.4 Å². The van der Waals surface area contributed by atoms with E-state index in [4.69, 9.17) is 0 Å². The van der Waals surface area contributed by atoms with Gasteiger partial charge in [0.25, 0.3) is 5.91 Å². The SMILES string of the molecule is O=C(NNc1ncccn1)c1cc[n+]([O-])cc1. The Bertz CT molecular complexity index is 500. The van der Waals surface area contributed by atoms with Crippen LogP contribution in [-0.4, -0.2) is 15.9 Å². The van der Waals surface area contributed by atoms with E-state index in [1.807, 2.05) is 0 Å². The van der Waals surface area contributed by atoms with Gasteiger partial charge < -0.3 is 5.21 Å². The van der Waals surface area contributed by atoms with Crippen LogP contribution < -0.4 is 15.6 Å². The van der Waals surface area contributed by atoms with Gasteiger partial charge in [-0.25, -0.2) is 9.97 Å². The van der Waals surface area contributed by atoms with Crippen LogP contribution in [0, 0.1) is 5.21 Å². The van der Waals surface area contributed by atoms with Gasteiger partial charge >= 0.3 is 0 Å². The standard InChI is InChI=1S/C10H9N5O2/c16-9(8-2-6-15(17)7-3-8)13-14-10-11-4-1-5-12-10/h1-7H,(H,13,16)(H,11,12,14). The molecule has 2 rings (SSSR count). The van der Waals surface area contributed by atoms with Gasteiger partial charge in [-0.1, -0.05) is 0 Å². The minimum Gasteiger partial charge on any atom is -0.619 e. The van der Waals surface area contributed by atoms with E-state index in [9.17, 15) is 10.0 Å². The van der Waals surface area contributed by atoms with Crippen LogP contribution in [0.3, 0.4) is 0 Å². The van der Waals surface area contributed by atoms with E-state index in [1.165, 1.54) is 24.5 Å². The topological polar surface area (TPSA) is 93.8 Å².